The van der Waals surface area contributed by atoms with E-state index in [0.717, 1.165) is 6.67 Å². The van der Waals surface area contributed by atoms with E-state index in [2.05, 4.69) is 75.9 Å². The molecule has 0 spiro atoms. The first-order valence-corrected chi connectivity index (χ1v) is 8.84. The molecule has 0 bridgehead atoms. The SMILES string of the molecule is CC1=CC(C)=C(N2C=CN(C3=C(C)C=C(C)CC3C)C2)C(C)C1. The molecule has 2 heteroatoms. The Morgan fingerprint density at radius 3 is 1.48 bits per heavy atom. The minimum atomic E-state index is 0.602. The van der Waals surface area contributed by atoms with Gasteiger partial charge in [-0.2, -0.15) is 0 Å². The summed E-state index contributed by atoms with van der Waals surface area (Å²) in [5.41, 5.74) is 8.82. The molecule has 23 heavy (non-hydrogen) atoms. The van der Waals surface area contributed by atoms with E-state index in [9.17, 15) is 0 Å². The van der Waals surface area contributed by atoms with Crippen molar-refractivity contribution in [2.75, 3.05) is 6.67 Å². The van der Waals surface area contributed by atoms with Gasteiger partial charge in [0.05, 0.1) is 6.67 Å². The molecule has 0 radical (unpaired) electrons. The Morgan fingerprint density at radius 2 is 1.13 bits per heavy atom. The average molecular weight is 310 g/mol. The number of nitrogens with zero attached hydrogens (tertiary/aromatic N) is 2. The van der Waals surface area contributed by atoms with E-state index in [1.165, 1.54) is 46.5 Å². The van der Waals surface area contributed by atoms with Crippen molar-refractivity contribution in [3.8, 4) is 0 Å². The van der Waals surface area contributed by atoms with Crippen LogP contribution in [0.15, 0.2) is 58.2 Å². The highest BCUT2D eigenvalue weighted by Gasteiger charge is 2.28. The molecule has 0 amide bonds. The fourth-order valence-electron chi connectivity index (χ4n) is 4.69. The Bertz CT molecular complexity index is 601. The molecule has 3 aliphatic rings. The third kappa shape index (κ3) is 3.04. The van der Waals surface area contributed by atoms with Crippen LogP contribution in [0.3, 0.4) is 0 Å². The molecule has 0 aromatic heterocycles. The summed E-state index contributed by atoms with van der Waals surface area (Å²) in [6.45, 7) is 14.7. The number of hydrogen-bond acceptors (Lipinski definition) is 2. The van der Waals surface area contributed by atoms with E-state index in [-0.39, 0.29) is 0 Å². The molecule has 0 fully saturated rings. The van der Waals surface area contributed by atoms with Crippen LogP contribution in [0.2, 0.25) is 0 Å². The fourth-order valence-corrected chi connectivity index (χ4v) is 4.69. The van der Waals surface area contributed by atoms with Crippen molar-refractivity contribution in [1.82, 2.24) is 9.80 Å². The fraction of sp³-hybridized carbons (Fsp3) is 0.524. The zero-order valence-electron chi connectivity index (χ0n) is 15.5. The van der Waals surface area contributed by atoms with Gasteiger partial charge in [-0.3, -0.25) is 0 Å². The molecule has 2 aliphatic carbocycles. The monoisotopic (exact) mass is 310 g/mol. The molecular weight excluding hydrogens is 280 g/mol. The molecule has 1 aliphatic heterocycles. The van der Waals surface area contributed by atoms with Gasteiger partial charge in [-0.05, 0) is 51.7 Å². The quantitative estimate of drug-likeness (QED) is 0.659. The second kappa shape index (κ2) is 6.07. The van der Waals surface area contributed by atoms with Gasteiger partial charge < -0.3 is 9.80 Å². The van der Waals surface area contributed by atoms with Crippen LogP contribution in [-0.4, -0.2) is 16.5 Å². The smallest absolute Gasteiger partial charge is 0.0983 e. The third-order valence-electron chi connectivity index (χ3n) is 5.27. The van der Waals surface area contributed by atoms with E-state index in [4.69, 9.17) is 0 Å². The Labute approximate surface area is 141 Å². The van der Waals surface area contributed by atoms with Crippen LogP contribution in [0.25, 0.3) is 0 Å². The van der Waals surface area contributed by atoms with Gasteiger partial charge in [0.2, 0.25) is 0 Å². The molecule has 0 N–H and O–H groups in total. The maximum absolute atomic E-state index is 2.45. The van der Waals surface area contributed by atoms with Crippen molar-refractivity contribution in [1.29, 1.82) is 0 Å². The van der Waals surface area contributed by atoms with Gasteiger partial charge in [0, 0.05) is 35.6 Å². The molecule has 0 aromatic carbocycles. The predicted molar refractivity (Wildman–Crippen MR) is 98.2 cm³/mol. The molecule has 2 nitrogen and oxygen atoms in total. The lowest BCUT2D eigenvalue weighted by Crippen LogP contribution is -2.31. The van der Waals surface area contributed by atoms with Crippen LogP contribution >= 0.6 is 0 Å². The maximum atomic E-state index is 2.45. The number of rotatable bonds is 2. The van der Waals surface area contributed by atoms with Crippen molar-refractivity contribution in [3.63, 3.8) is 0 Å². The van der Waals surface area contributed by atoms with Crippen LogP contribution in [-0.2, 0) is 0 Å². The van der Waals surface area contributed by atoms with E-state index in [0.29, 0.717) is 11.8 Å². The molecule has 1 heterocycles. The zero-order chi connectivity index (χ0) is 16.7. The standard InChI is InChI=1S/C21H30N2/c1-14-9-16(3)20(17(4)10-14)22-7-8-23(13-22)21-18(5)11-15(2)12-19(21)6/h7-9,11,17,19H,10,12-13H2,1-6H3. The van der Waals surface area contributed by atoms with Crippen LogP contribution < -0.4 is 0 Å². The number of hydrogen-bond donors (Lipinski definition) is 0. The average Bonchev–Trinajstić information content (AvgIpc) is 2.85. The van der Waals surface area contributed by atoms with Gasteiger partial charge in [0.15, 0.2) is 0 Å². The summed E-state index contributed by atoms with van der Waals surface area (Å²) in [6, 6.07) is 0. The first kappa shape index (κ1) is 16.2. The molecule has 2 atom stereocenters. The predicted octanol–water partition coefficient (Wildman–Crippen LogP) is 5.55. The van der Waals surface area contributed by atoms with Gasteiger partial charge in [0.25, 0.3) is 0 Å². The first-order chi connectivity index (χ1) is 10.9. The van der Waals surface area contributed by atoms with Crippen LogP contribution in [0.4, 0.5) is 0 Å². The van der Waals surface area contributed by atoms with E-state index in [1.54, 1.807) is 0 Å². The Hall–Kier alpha value is -1.70. The molecule has 2 unspecified atom stereocenters. The minimum absolute atomic E-state index is 0.602. The molecule has 0 saturated heterocycles. The zero-order valence-corrected chi connectivity index (χ0v) is 15.5. The van der Waals surface area contributed by atoms with Gasteiger partial charge >= 0.3 is 0 Å². The lowest BCUT2D eigenvalue weighted by Gasteiger charge is -2.34. The summed E-state index contributed by atoms with van der Waals surface area (Å²) in [6.07, 6.45) is 11.6. The van der Waals surface area contributed by atoms with Crippen LogP contribution in [0, 0.1) is 11.8 Å². The summed E-state index contributed by atoms with van der Waals surface area (Å²) in [5.74, 6) is 1.20. The minimum Gasteiger partial charge on any atom is -0.331 e. The molecule has 3 rings (SSSR count). The van der Waals surface area contributed by atoms with Gasteiger partial charge in [-0.15, -0.1) is 0 Å². The Morgan fingerprint density at radius 1 is 0.739 bits per heavy atom. The lowest BCUT2D eigenvalue weighted by atomic mass is 9.88. The summed E-state index contributed by atoms with van der Waals surface area (Å²) in [5, 5.41) is 0. The maximum Gasteiger partial charge on any atom is 0.0983 e. The second-order valence-corrected chi connectivity index (χ2v) is 7.71. The van der Waals surface area contributed by atoms with E-state index < -0.39 is 0 Å². The van der Waals surface area contributed by atoms with Gasteiger partial charge in [-0.25, -0.2) is 0 Å². The van der Waals surface area contributed by atoms with E-state index in [1.807, 2.05) is 0 Å². The van der Waals surface area contributed by atoms with Crippen LogP contribution in [0.5, 0.6) is 0 Å². The molecule has 0 aromatic rings. The van der Waals surface area contributed by atoms with Gasteiger partial charge in [0.1, 0.15) is 0 Å². The lowest BCUT2D eigenvalue weighted by molar-refractivity contribution is 0.297. The topological polar surface area (TPSA) is 6.48 Å². The normalized spacial score (nSPS) is 28.6. The second-order valence-electron chi connectivity index (χ2n) is 7.71. The highest BCUT2D eigenvalue weighted by Crippen LogP contribution is 2.37. The summed E-state index contributed by atoms with van der Waals surface area (Å²) in [7, 11) is 0. The Kier molecular flexibility index (Phi) is 4.27. The molecule has 124 valence electrons. The molecular formula is C21H30N2. The largest absolute Gasteiger partial charge is 0.331 e. The summed E-state index contributed by atoms with van der Waals surface area (Å²) >= 11 is 0. The Balaban J connectivity index is 1.84. The van der Waals surface area contributed by atoms with Crippen molar-refractivity contribution in [3.05, 3.63) is 58.2 Å². The van der Waals surface area contributed by atoms with E-state index >= 15 is 0 Å². The number of allylic oxidation sites excluding steroid dienone is 8. The highest BCUT2D eigenvalue weighted by molar-refractivity contribution is 5.36. The summed E-state index contributed by atoms with van der Waals surface area (Å²) < 4.78 is 0. The van der Waals surface area contributed by atoms with Crippen molar-refractivity contribution in [2.24, 2.45) is 11.8 Å². The van der Waals surface area contributed by atoms with Crippen LogP contribution in [0.1, 0.15) is 54.4 Å². The van der Waals surface area contributed by atoms with Crippen molar-refractivity contribution in [2.45, 2.75) is 54.4 Å². The molecule has 0 saturated carbocycles. The van der Waals surface area contributed by atoms with Crippen molar-refractivity contribution < 1.29 is 0 Å². The summed E-state index contributed by atoms with van der Waals surface area (Å²) in [4.78, 5) is 4.89. The first-order valence-electron chi connectivity index (χ1n) is 8.84. The third-order valence-corrected chi connectivity index (χ3v) is 5.27. The van der Waals surface area contributed by atoms with Crippen molar-refractivity contribution >= 4 is 0 Å². The highest BCUT2D eigenvalue weighted by atomic mass is 15.4. The van der Waals surface area contributed by atoms with Gasteiger partial charge in [-0.1, -0.05) is 37.1 Å².